The molecule has 1 aromatic heterocycles. The number of hydrogen-bond donors (Lipinski definition) is 1. The summed E-state index contributed by atoms with van der Waals surface area (Å²) in [5, 5.41) is 12.3. The average Bonchev–Trinajstić information content (AvgIpc) is 3.46. The lowest BCUT2D eigenvalue weighted by molar-refractivity contribution is -0.134. The van der Waals surface area contributed by atoms with Crippen molar-refractivity contribution in [2.24, 2.45) is 0 Å². The zero-order valence-corrected chi connectivity index (χ0v) is 18.1. The average molecular weight is 416 g/mol. The van der Waals surface area contributed by atoms with Crippen molar-refractivity contribution >= 4 is 23.6 Å². The Bertz CT molecular complexity index is 833. The number of benzene rings is 1. The van der Waals surface area contributed by atoms with Crippen molar-refractivity contribution < 1.29 is 9.59 Å². The highest BCUT2D eigenvalue weighted by Gasteiger charge is 2.30. The molecule has 1 fully saturated rings. The lowest BCUT2D eigenvalue weighted by Gasteiger charge is -2.21. The SMILES string of the molecule is CCN(CC(=O)NC(C)C)C(=O)CSc1nnc(C2CC2)n1Cc1ccccc1. The lowest BCUT2D eigenvalue weighted by Crippen LogP contribution is -2.43. The van der Waals surface area contributed by atoms with Gasteiger partial charge in [-0.25, -0.2) is 0 Å². The number of carbonyl (C=O) groups excluding carboxylic acids is 2. The van der Waals surface area contributed by atoms with Gasteiger partial charge in [0.25, 0.3) is 0 Å². The molecule has 1 aliphatic carbocycles. The third-order valence-corrected chi connectivity index (χ3v) is 5.67. The van der Waals surface area contributed by atoms with Crippen LogP contribution in [0.4, 0.5) is 0 Å². The fourth-order valence-electron chi connectivity index (χ4n) is 3.10. The molecule has 1 saturated carbocycles. The highest BCUT2D eigenvalue weighted by Crippen LogP contribution is 2.40. The van der Waals surface area contributed by atoms with Crippen LogP contribution in [0.1, 0.15) is 50.9 Å². The minimum Gasteiger partial charge on any atom is -0.352 e. The van der Waals surface area contributed by atoms with Gasteiger partial charge in [-0.2, -0.15) is 0 Å². The summed E-state index contributed by atoms with van der Waals surface area (Å²) in [5.74, 6) is 1.51. The van der Waals surface area contributed by atoms with Gasteiger partial charge in [-0.3, -0.25) is 9.59 Å². The van der Waals surface area contributed by atoms with Crippen molar-refractivity contribution in [2.45, 2.75) is 57.3 Å². The van der Waals surface area contributed by atoms with Gasteiger partial charge in [0.15, 0.2) is 5.16 Å². The molecule has 1 N–H and O–H groups in total. The van der Waals surface area contributed by atoms with E-state index in [4.69, 9.17) is 0 Å². The Morgan fingerprint density at radius 1 is 1.24 bits per heavy atom. The second-order valence-electron chi connectivity index (χ2n) is 7.61. The summed E-state index contributed by atoms with van der Waals surface area (Å²) in [7, 11) is 0. The van der Waals surface area contributed by atoms with Crippen LogP contribution < -0.4 is 5.32 Å². The van der Waals surface area contributed by atoms with Gasteiger partial charge in [0.05, 0.1) is 18.8 Å². The summed E-state index contributed by atoms with van der Waals surface area (Å²) in [6.07, 6.45) is 2.29. The van der Waals surface area contributed by atoms with Crippen molar-refractivity contribution in [1.29, 1.82) is 0 Å². The van der Waals surface area contributed by atoms with E-state index in [9.17, 15) is 9.59 Å². The molecule has 0 spiro atoms. The Kier molecular flexibility index (Phi) is 7.30. The summed E-state index contributed by atoms with van der Waals surface area (Å²) in [4.78, 5) is 26.2. The quantitative estimate of drug-likeness (QED) is 0.604. The fraction of sp³-hybridized carbons (Fsp3) is 0.524. The summed E-state index contributed by atoms with van der Waals surface area (Å²) in [6.45, 7) is 6.97. The molecule has 0 saturated heterocycles. The van der Waals surface area contributed by atoms with E-state index >= 15 is 0 Å². The van der Waals surface area contributed by atoms with Crippen LogP contribution in [-0.2, 0) is 16.1 Å². The topological polar surface area (TPSA) is 80.1 Å². The van der Waals surface area contributed by atoms with E-state index in [1.54, 1.807) is 4.90 Å². The molecular formula is C21H29N5O2S. The van der Waals surface area contributed by atoms with Crippen LogP contribution in [-0.4, -0.2) is 56.4 Å². The Morgan fingerprint density at radius 2 is 1.97 bits per heavy atom. The number of nitrogens with one attached hydrogen (secondary N) is 1. The van der Waals surface area contributed by atoms with E-state index < -0.39 is 0 Å². The molecule has 2 amide bonds. The second-order valence-corrected chi connectivity index (χ2v) is 8.55. The highest BCUT2D eigenvalue weighted by molar-refractivity contribution is 7.99. The van der Waals surface area contributed by atoms with Gasteiger partial charge in [-0.1, -0.05) is 42.1 Å². The fourth-order valence-corrected chi connectivity index (χ4v) is 3.95. The maximum absolute atomic E-state index is 12.7. The molecule has 7 nitrogen and oxygen atoms in total. The van der Waals surface area contributed by atoms with Gasteiger partial charge in [-0.05, 0) is 39.2 Å². The third-order valence-electron chi connectivity index (χ3n) is 4.71. The van der Waals surface area contributed by atoms with Crippen LogP contribution in [0.15, 0.2) is 35.5 Å². The molecule has 0 radical (unpaired) electrons. The third kappa shape index (κ3) is 6.06. The minimum absolute atomic E-state index is 0.0584. The summed E-state index contributed by atoms with van der Waals surface area (Å²) in [6, 6.07) is 10.3. The summed E-state index contributed by atoms with van der Waals surface area (Å²) >= 11 is 1.39. The molecule has 0 bridgehead atoms. The maximum Gasteiger partial charge on any atom is 0.239 e. The van der Waals surface area contributed by atoms with Crippen molar-refractivity contribution in [1.82, 2.24) is 25.0 Å². The number of likely N-dealkylation sites (N-methyl/N-ethyl adjacent to an activating group) is 1. The van der Waals surface area contributed by atoms with Crippen LogP contribution in [0.25, 0.3) is 0 Å². The van der Waals surface area contributed by atoms with Crippen LogP contribution >= 0.6 is 11.8 Å². The Morgan fingerprint density at radius 3 is 2.59 bits per heavy atom. The van der Waals surface area contributed by atoms with Crippen LogP contribution in [0.2, 0.25) is 0 Å². The first-order valence-corrected chi connectivity index (χ1v) is 11.1. The molecule has 0 atom stereocenters. The van der Waals surface area contributed by atoms with Gasteiger partial charge >= 0.3 is 0 Å². The smallest absolute Gasteiger partial charge is 0.239 e. The molecule has 1 heterocycles. The molecule has 156 valence electrons. The zero-order chi connectivity index (χ0) is 20.8. The summed E-state index contributed by atoms with van der Waals surface area (Å²) < 4.78 is 2.13. The lowest BCUT2D eigenvalue weighted by atomic mass is 10.2. The van der Waals surface area contributed by atoms with Crippen molar-refractivity contribution in [3.05, 3.63) is 41.7 Å². The van der Waals surface area contributed by atoms with Crippen LogP contribution in [0, 0.1) is 0 Å². The Labute approximate surface area is 176 Å². The number of rotatable bonds is 10. The van der Waals surface area contributed by atoms with E-state index in [0.717, 1.165) is 23.8 Å². The van der Waals surface area contributed by atoms with Crippen molar-refractivity contribution in [3.8, 4) is 0 Å². The van der Waals surface area contributed by atoms with Gasteiger partial charge < -0.3 is 14.8 Å². The molecule has 1 aliphatic rings. The normalized spacial score (nSPS) is 13.5. The van der Waals surface area contributed by atoms with E-state index in [1.807, 2.05) is 39.0 Å². The molecule has 2 aromatic rings. The Hall–Kier alpha value is -2.35. The number of hydrogen-bond acceptors (Lipinski definition) is 5. The molecule has 0 aliphatic heterocycles. The highest BCUT2D eigenvalue weighted by atomic mass is 32.2. The number of nitrogens with zero attached hydrogens (tertiary/aromatic N) is 4. The molecule has 8 heteroatoms. The molecule has 3 rings (SSSR count). The first kappa shape index (κ1) is 21.4. The number of thioether (sulfide) groups is 1. The maximum atomic E-state index is 12.7. The molecule has 29 heavy (non-hydrogen) atoms. The predicted octanol–water partition coefficient (Wildman–Crippen LogP) is 2.67. The Balaban J connectivity index is 1.65. The van der Waals surface area contributed by atoms with Crippen molar-refractivity contribution in [3.63, 3.8) is 0 Å². The second kappa shape index (κ2) is 9.91. The molecular weight excluding hydrogens is 386 g/mol. The number of aromatic nitrogens is 3. The van der Waals surface area contributed by atoms with Gasteiger partial charge in [-0.15, -0.1) is 10.2 Å². The van der Waals surface area contributed by atoms with E-state index in [2.05, 4.69) is 32.2 Å². The first-order valence-electron chi connectivity index (χ1n) is 10.1. The van der Waals surface area contributed by atoms with Crippen molar-refractivity contribution in [2.75, 3.05) is 18.8 Å². The number of carbonyl (C=O) groups is 2. The predicted molar refractivity (Wildman–Crippen MR) is 114 cm³/mol. The monoisotopic (exact) mass is 415 g/mol. The molecule has 0 unspecified atom stereocenters. The first-order chi connectivity index (χ1) is 14.0. The van der Waals surface area contributed by atoms with E-state index in [-0.39, 0.29) is 30.2 Å². The van der Waals surface area contributed by atoms with Gasteiger partial charge in [0.1, 0.15) is 5.82 Å². The molecule has 1 aromatic carbocycles. The van der Waals surface area contributed by atoms with Gasteiger partial charge in [0, 0.05) is 18.5 Å². The number of amides is 2. The standard InChI is InChI=1S/C21H29N5O2S/c1-4-25(13-18(27)22-15(2)3)19(28)14-29-21-24-23-20(17-10-11-17)26(21)12-16-8-6-5-7-9-16/h5-9,15,17H,4,10-14H2,1-3H3,(H,22,27). The van der Waals surface area contributed by atoms with Gasteiger partial charge in [0.2, 0.25) is 11.8 Å². The summed E-state index contributed by atoms with van der Waals surface area (Å²) in [5.41, 5.74) is 1.18. The van der Waals surface area contributed by atoms with Crippen LogP contribution in [0.3, 0.4) is 0 Å². The van der Waals surface area contributed by atoms with Crippen LogP contribution in [0.5, 0.6) is 0 Å². The zero-order valence-electron chi connectivity index (χ0n) is 17.3. The minimum atomic E-state index is -0.136. The van der Waals surface area contributed by atoms with E-state index in [1.165, 1.54) is 17.3 Å². The van der Waals surface area contributed by atoms with E-state index in [0.29, 0.717) is 19.0 Å². The largest absolute Gasteiger partial charge is 0.352 e.